The molecule has 21 heavy (non-hydrogen) atoms. The molecular formula is C17H28N2O2. The van der Waals surface area contributed by atoms with Crippen molar-refractivity contribution < 1.29 is 9.21 Å². The van der Waals surface area contributed by atoms with Gasteiger partial charge in [-0.25, -0.2) is 0 Å². The number of carbonyl (C=O) groups is 1. The molecule has 0 radical (unpaired) electrons. The van der Waals surface area contributed by atoms with Crippen LogP contribution in [0.5, 0.6) is 0 Å². The number of furan rings is 1. The van der Waals surface area contributed by atoms with Crippen molar-refractivity contribution in [2.24, 2.45) is 0 Å². The fourth-order valence-corrected chi connectivity index (χ4v) is 2.88. The predicted octanol–water partition coefficient (Wildman–Crippen LogP) is 3.03. The summed E-state index contributed by atoms with van der Waals surface area (Å²) < 4.78 is 5.31. The summed E-state index contributed by atoms with van der Waals surface area (Å²) in [5.41, 5.74) is 0. The van der Waals surface area contributed by atoms with Gasteiger partial charge in [-0.1, -0.05) is 25.7 Å². The smallest absolute Gasteiger partial charge is 0.234 e. The monoisotopic (exact) mass is 292 g/mol. The highest BCUT2D eigenvalue weighted by atomic mass is 16.3. The van der Waals surface area contributed by atoms with Crippen LogP contribution in [0, 0.1) is 0 Å². The summed E-state index contributed by atoms with van der Waals surface area (Å²) in [6.45, 7) is 2.53. The van der Waals surface area contributed by atoms with Crippen LogP contribution < -0.4 is 10.6 Å². The highest BCUT2D eigenvalue weighted by molar-refractivity contribution is 5.78. The molecule has 1 aliphatic carbocycles. The lowest BCUT2D eigenvalue weighted by molar-refractivity contribution is -0.121. The number of amides is 1. The maximum Gasteiger partial charge on any atom is 0.234 e. The van der Waals surface area contributed by atoms with E-state index in [0.29, 0.717) is 18.6 Å². The summed E-state index contributed by atoms with van der Waals surface area (Å²) in [6, 6.07) is 4.61. The van der Waals surface area contributed by atoms with Crippen LogP contribution in [0.3, 0.4) is 0 Å². The van der Waals surface area contributed by atoms with E-state index >= 15 is 0 Å². The minimum Gasteiger partial charge on any atom is -0.469 e. The summed E-state index contributed by atoms with van der Waals surface area (Å²) in [5.74, 6) is 1.14. The topological polar surface area (TPSA) is 54.3 Å². The number of carbonyl (C=O) groups excluding carboxylic acids is 1. The van der Waals surface area contributed by atoms with E-state index < -0.39 is 0 Å². The van der Waals surface area contributed by atoms with E-state index in [2.05, 4.69) is 17.6 Å². The van der Waals surface area contributed by atoms with E-state index in [1.54, 1.807) is 6.26 Å². The summed E-state index contributed by atoms with van der Waals surface area (Å²) >= 11 is 0. The first-order valence-electron chi connectivity index (χ1n) is 8.29. The van der Waals surface area contributed by atoms with Crippen molar-refractivity contribution in [2.75, 3.05) is 6.54 Å². The zero-order chi connectivity index (χ0) is 14.9. The molecule has 1 heterocycles. The van der Waals surface area contributed by atoms with Gasteiger partial charge in [0.05, 0.1) is 12.8 Å². The van der Waals surface area contributed by atoms with Gasteiger partial charge in [-0.3, -0.25) is 4.79 Å². The molecule has 1 aromatic heterocycles. The van der Waals surface area contributed by atoms with Gasteiger partial charge in [0, 0.05) is 18.5 Å². The van der Waals surface area contributed by atoms with E-state index in [1.165, 1.54) is 25.7 Å². The fourth-order valence-electron chi connectivity index (χ4n) is 2.88. The largest absolute Gasteiger partial charge is 0.469 e. The number of hydrogen-bond acceptors (Lipinski definition) is 3. The molecule has 1 unspecified atom stereocenters. The van der Waals surface area contributed by atoms with Gasteiger partial charge >= 0.3 is 0 Å². The third-order valence-corrected chi connectivity index (χ3v) is 4.24. The van der Waals surface area contributed by atoms with Crippen LogP contribution in [0.4, 0.5) is 0 Å². The molecule has 118 valence electrons. The molecule has 0 aliphatic heterocycles. The highest BCUT2D eigenvalue weighted by Gasteiger charge is 2.15. The molecule has 0 aromatic carbocycles. The average molecular weight is 292 g/mol. The van der Waals surface area contributed by atoms with Crippen molar-refractivity contribution in [2.45, 2.75) is 70.4 Å². The first-order chi connectivity index (χ1) is 10.2. The number of nitrogens with one attached hydrogen (secondary N) is 2. The maximum absolute atomic E-state index is 12.0. The van der Waals surface area contributed by atoms with Gasteiger partial charge in [-0.2, -0.15) is 0 Å². The van der Waals surface area contributed by atoms with Crippen molar-refractivity contribution in [3.05, 3.63) is 24.2 Å². The van der Waals surface area contributed by atoms with Gasteiger partial charge in [-0.05, 0) is 38.3 Å². The Kier molecular flexibility index (Phi) is 6.80. The van der Waals surface area contributed by atoms with Crippen molar-refractivity contribution in [3.8, 4) is 0 Å². The molecule has 1 atom stereocenters. The first kappa shape index (κ1) is 16.1. The van der Waals surface area contributed by atoms with Gasteiger partial charge in [0.1, 0.15) is 5.76 Å². The Hall–Kier alpha value is -1.29. The fraction of sp³-hybridized carbons (Fsp3) is 0.706. The summed E-state index contributed by atoms with van der Waals surface area (Å²) in [6.07, 6.45) is 11.0. The minimum absolute atomic E-state index is 0.131. The standard InChI is InChI=1S/C17H28N2O2/c1-14(10-11-16-9-6-12-21-16)18-13-17(20)19-15-7-4-2-3-5-8-15/h6,9,12,14-15,18H,2-5,7-8,10-11,13H2,1H3,(H,19,20). The van der Waals surface area contributed by atoms with E-state index in [4.69, 9.17) is 4.42 Å². The molecule has 1 saturated carbocycles. The molecule has 2 rings (SSSR count). The summed E-state index contributed by atoms with van der Waals surface area (Å²) in [4.78, 5) is 12.0. The molecule has 1 aromatic rings. The molecule has 1 fully saturated rings. The first-order valence-corrected chi connectivity index (χ1v) is 8.29. The molecule has 1 amide bonds. The van der Waals surface area contributed by atoms with Crippen LogP contribution in [0.1, 0.15) is 57.6 Å². The van der Waals surface area contributed by atoms with Crippen LogP contribution >= 0.6 is 0 Å². The Morgan fingerprint density at radius 1 is 1.33 bits per heavy atom. The van der Waals surface area contributed by atoms with E-state index in [1.807, 2.05) is 12.1 Å². The van der Waals surface area contributed by atoms with Crippen molar-refractivity contribution in [3.63, 3.8) is 0 Å². The van der Waals surface area contributed by atoms with Crippen molar-refractivity contribution in [1.29, 1.82) is 0 Å². The minimum atomic E-state index is 0.131. The quantitative estimate of drug-likeness (QED) is 0.760. The maximum atomic E-state index is 12.0. The number of aryl methyl sites for hydroxylation is 1. The normalized spacial score (nSPS) is 18.1. The Bertz CT molecular complexity index is 395. The van der Waals surface area contributed by atoms with Crippen molar-refractivity contribution in [1.82, 2.24) is 10.6 Å². The third-order valence-electron chi connectivity index (χ3n) is 4.24. The third kappa shape index (κ3) is 6.34. The van der Waals surface area contributed by atoms with Crippen LogP contribution in [0.15, 0.2) is 22.8 Å². The number of hydrogen-bond donors (Lipinski definition) is 2. The Morgan fingerprint density at radius 3 is 2.76 bits per heavy atom. The Labute approximate surface area is 127 Å². The molecule has 1 aliphatic rings. The second kappa shape index (κ2) is 8.88. The van der Waals surface area contributed by atoms with Gasteiger partial charge in [0.2, 0.25) is 5.91 Å². The molecule has 4 heteroatoms. The molecular weight excluding hydrogens is 264 g/mol. The van der Waals surface area contributed by atoms with Crippen LogP contribution in [-0.4, -0.2) is 24.5 Å². The van der Waals surface area contributed by atoms with E-state index in [0.717, 1.165) is 31.4 Å². The molecule has 0 bridgehead atoms. The lowest BCUT2D eigenvalue weighted by Gasteiger charge is -2.18. The summed E-state index contributed by atoms with van der Waals surface area (Å²) in [5, 5.41) is 6.46. The second-order valence-corrected chi connectivity index (χ2v) is 6.16. The molecule has 0 saturated heterocycles. The van der Waals surface area contributed by atoms with Crippen LogP contribution in [0.2, 0.25) is 0 Å². The predicted molar refractivity (Wildman–Crippen MR) is 84.1 cm³/mol. The SMILES string of the molecule is CC(CCc1ccco1)NCC(=O)NC1CCCCCC1. The van der Waals surface area contributed by atoms with Gasteiger partial charge in [0.25, 0.3) is 0 Å². The van der Waals surface area contributed by atoms with Crippen molar-refractivity contribution >= 4 is 5.91 Å². The van der Waals surface area contributed by atoms with Crippen LogP contribution in [0.25, 0.3) is 0 Å². The number of rotatable bonds is 7. The van der Waals surface area contributed by atoms with Crippen LogP contribution in [-0.2, 0) is 11.2 Å². The molecule has 2 N–H and O–H groups in total. The van der Waals surface area contributed by atoms with E-state index in [9.17, 15) is 4.79 Å². The Balaban J connectivity index is 1.59. The summed E-state index contributed by atoms with van der Waals surface area (Å²) in [7, 11) is 0. The Morgan fingerprint density at radius 2 is 2.10 bits per heavy atom. The lowest BCUT2D eigenvalue weighted by atomic mass is 10.1. The molecule has 0 spiro atoms. The van der Waals surface area contributed by atoms with Gasteiger partial charge < -0.3 is 15.1 Å². The zero-order valence-corrected chi connectivity index (χ0v) is 13.1. The van der Waals surface area contributed by atoms with Gasteiger partial charge in [-0.15, -0.1) is 0 Å². The average Bonchev–Trinajstić information content (AvgIpc) is 2.87. The second-order valence-electron chi connectivity index (χ2n) is 6.16. The van der Waals surface area contributed by atoms with E-state index in [-0.39, 0.29) is 5.91 Å². The van der Waals surface area contributed by atoms with Gasteiger partial charge in [0.15, 0.2) is 0 Å². The lowest BCUT2D eigenvalue weighted by Crippen LogP contribution is -2.42. The molecule has 4 nitrogen and oxygen atoms in total. The highest BCUT2D eigenvalue weighted by Crippen LogP contribution is 2.17. The zero-order valence-electron chi connectivity index (χ0n) is 13.1.